The van der Waals surface area contributed by atoms with Gasteiger partial charge in [0.25, 0.3) is 5.91 Å². The second-order valence-electron chi connectivity index (χ2n) is 8.56. The first kappa shape index (κ1) is 24.2. The van der Waals surface area contributed by atoms with Gasteiger partial charge in [-0.3, -0.25) is 19.8 Å². The predicted molar refractivity (Wildman–Crippen MR) is 142 cm³/mol. The summed E-state index contributed by atoms with van der Waals surface area (Å²) in [5, 5.41) is 6.27. The summed E-state index contributed by atoms with van der Waals surface area (Å²) in [6.45, 7) is 7.65. The second kappa shape index (κ2) is 9.76. The molecule has 0 saturated carbocycles. The van der Waals surface area contributed by atoms with Crippen LogP contribution in [-0.2, 0) is 9.59 Å². The topological polar surface area (TPSA) is 92.2 Å². The standard InChI is InChI=1S/C27H25BrN4O3/c1-15-6-5-7-21(12-15)29-25(33)23-14-19-13-20(28)8-9-22(19)32(23)31-27(35)26(34)30-24-17(3)10-16(2)11-18(24)4/h5-14H,1-4H3,(H,29,33)(H,30,34)(H,31,35). The number of fused-ring (bicyclic) bond motifs is 1. The highest BCUT2D eigenvalue weighted by Crippen LogP contribution is 2.25. The van der Waals surface area contributed by atoms with E-state index < -0.39 is 17.7 Å². The number of hydrogen-bond donors (Lipinski definition) is 3. The molecule has 7 nitrogen and oxygen atoms in total. The smallest absolute Gasteiger partial charge is 0.321 e. The Labute approximate surface area is 211 Å². The average molecular weight is 533 g/mol. The Morgan fingerprint density at radius 3 is 2.17 bits per heavy atom. The van der Waals surface area contributed by atoms with Crippen molar-refractivity contribution in [2.45, 2.75) is 27.7 Å². The van der Waals surface area contributed by atoms with E-state index in [4.69, 9.17) is 0 Å². The van der Waals surface area contributed by atoms with Crippen molar-refractivity contribution in [2.75, 3.05) is 16.1 Å². The van der Waals surface area contributed by atoms with Gasteiger partial charge in [-0.15, -0.1) is 0 Å². The minimum absolute atomic E-state index is 0.184. The molecule has 4 aromatic rings. The molecular weight excluding hydrogens is 508 g/mol. The molecule has 0 aliphatic rings. The maximum absolute atomic E-state index is 13.2. The second-order valence-corrected chi connectivity index (χ2v) is 9.48. The third-order valence-corrected chi connectivity index (χ3v) is 6.10. The average Bonchev–Trinajstić information content (AvgIpc) is 3.13. The van der Waals surface area contributed by atoms with E-state index >= 15 is 0 Å². The lowest BCUT2D eigenvalue weighted by molar-refractivity contribution is -0.133. The van der Waals surface area contributed by atoms with E-state index in [1.54, 1.807) is 24.3 Å². The molecule has 0 aliphatic heterocycles. The van der Waals surface area contributed by atoms with Crippen LogP contribution in [0.4, 0.5) is 11.4 Å². The number of benzene rings is 3. The number of amides is 3. The van der Waals surface area contributed by atoms with Gasteiger partial charge in [-0.2, -0.15) is 0 Å². The van der Waals surface area contributed by atoms with Gasteiger partial charge in [0, 0.05) is 21.2 Å². The third-order valence-electron chi connectivity index (χ3n) is 5.61. The number of anilines is 2. The first-order valence-corrected chi connectivity index (χ1v) is 11.8. The van der Waals surface area contributed by atoms with E-state index in [0.717, 1.165) is 32.1 Å². The molecule has 4 rings (SSSR count). The van der Waals surface area contributed by atoms with Crippen LogP contribution < -0.4 is 16.1 Å². The van der Waals surface area contributed by atoms with Crippen LogP contribution in [-0.4, -0.2) is 22.4 Å². The SMILES string of the molecule is Cc1cccc(NC(=O)c2cc3cc(Br)ccc3n2NC(=O)C(=O)Nc2c(C)cc(C)cc2C)c1. The van der Waals surface area contributed by atoms with Crippen molar-refractivity contribution in [3.05, 3.63) is 93.1 Å². The molecule has 178 valence electrons. The van der Waals surface area contributed by atoms with Gasteiger partial charge in [-0.1, -0.05) is 45.8 Å². The van der Waals surface area contributed by atoms with E-state index in [9.17, 15) is 14.4 Å². The van der Waals surface area contributed by atoms with Gasteiger partial charge in [0.15, 0.2) is 0 Å². The quantitative estimate of drug-likeness (QED) is 0.299. The molecule has 3 aromatic carbocycles. The molecular formula is C27H25BrN4O3. The van der Waals surface area contributed by atoms with Gasteiger partial charge in [-0.05, 0) is 80.8 Å². The van der Waals surface area contributed by atoms with E-state index in [0.29, 0.717) is 16.9 Å². The van der Waals surface area contributed by atoms with E-state index in [-0.39, 0.29) is 5.69 Å². The fourth-order valence-corrected chi connectivity index (χ4v) is 4.47. The van der Waals surface area contributed by atoms with Crippen LogP contribution in [0.25, 0.3) is 10.9 Å². The summed E-state index contributed by atoms with van der Waals surface area (Å²) in [4.78, 5) is 38.9. The zero-order valence-electron chi connectivity index (χ0n) is 19.8. The molecule has 0 unspecified atom stereocenters. The maximum Gasteiger partial charge on any atom is 0.328 e. The monoisotopic (exact) mass is 532 g/mol. The Hall–Kier alpha value is -3.91. The van der Waals surface area contributed by atoms with Gasteiger partial charge in [0.05, 0.1) is 5.52 Å². The van der Waals surface area contributed by atoms with E-state index in [2.05, 4.69) is 32.0 Å². The van der Waals surface area contributed by atoms with Crippen LogP contribution >= 0.6 is 15.9 Å². The number of nitrogens with one attached hydrogen (secondary N) is 3. The van der Waals surface area contributed by atoms with Crippen molar-refractivity contribution in [1.29, 1.82) is 0 Å². The molecule has 0 bridgehead atoms. The van der Waals surface area contributed by atoms with Crippen molar-refractivity contribution in [3.8, 4) is 0 Å². The molecule has 0 aliphatic carbocycles. The fourth-order valence-electron chi connectivity index (χ4n) is 4.09. The van der Waals surface area contributed by atoms with Gasteiger partial charge in [0.1, 0.15) is 5.69 Å². The number of nitrogens with zero attached hydrogens (tertiary/aromatic N) is 1. The number of aromatic nitrogens is 1. The molecule has 8 heteroatoms. The molecule has 0 spiro atoms. The number of hydrogen-bond acceptors (Lipinski definition) is 3. The van der Waals surface area contributed by atoms with E-state index in [1.807, 2.05) is 64.1 Å². The van der Waals surface area contributed by atoms with Crippen LogP contribution in [0.2, 0.25) is 0 Å². The maximum atomic E-state index is 13.2. The Balaban J connectivity index is 1.64. The molecule has 0 atom stereocenters. The summed E-state index contributed by atoms with van der Waals surface area (Å²) in [6.07, 6.45) is 0. The highest BCUT2D eigenvalue weighted by atomic mass is 79.9. The fraction of sp³-hybridized carbons (Fsp3) is 0.148. The van der Waals surface area contributed by atoms with Crippen molar-refractivity contribution in [1.82, 2.24) is 4.68 Å². The minimum atomic E-state index is -0.894. The predicted octanol–water partition coefficient (Wildman–Crippen LogP) is 5.60. The lowest BCUT2D eigenvalue weighted by Crippen LogP contribution is -2.36. The number of rotatable bonds is 4. The zero-order chi connectivity index (χ0) is 25.3. The number of carbonyl (C=O) groups is 3. The molecule has 0 saturated heterocycles. The van der Waals surface area contributed by atoms with Crippen molar-refractivity contribution >= 4 is 55.9 Å². The highest BCUT2D eigenvalue weighted by Gasteiger charge is 2.22. The minimum Gasteiger partial charge on any atom is -0.321 e. The Morgan fingerprint density at radius 2 is 1.49 bits per heavy atom. The Kier molecular flexibility index (Phi) is 6.75. The van der Waals surface area contributed by atoms with Crippen LogP contribution in [0.5, 0.6) is 0 Å². The summed E-state index contributed by atoms with van der Waals surface area (Å²) in [5.41, 5.74) is 8.35. The normalized spacial score (nSPS) is 10.8. The molecule has 0 fully saturated rings. The van der Waals surface area contributed by atoms with Crippen molar-refractivity contribution < 1.29 is 14.4 Å². The van der Waals surface area contributed by atoms with Crippen LogP contribution in [0.3, 0.4) is 0 Å². The summed E-state index contributed by atoms with van der Waals surface area (Å²) in [5.74, 6) is -2.15. The molecule has 1 aromatic heterocycles. The Morgan fingerprint density at radius 1 is 0.771 bits per heavy atom. The number of halogens is 1. The third kappa shape index (κ3) is 5.27. The largest absolute Gasteiger partial charge is 0.328 e. The summed E-state index contributed by atoms with van der Waals surface area (Å²) < 4.78 is 2.16. The summed E-state index contributed by atoms with van der Waals surface area (Å²) in [7, 11) is 0. The molecule has 1 heterocycles. The first-order chi connectivity index (χ1) is 16.6. The molecule has 0 radical (unpaired) electrons. The van der Waals surface area contributed by atoms with Crippen LogP contribution in [0, 0.1) is 27.7 Å². The Bertz CT molecular complexity index is 1470. The van der Waals surface area contributed by atoms with Crippen molar-refractivity contribution in [2.24, 2.45) is 0 Å². The van der Waals surface area contributed by atoms with Gasteiger partial charge in [-0.25, -0.2) is 4.68 Å². The van der Waals surface area contributed by atoms with Gasteiger partial charge in [0.2, 0.25) is 0 Å². The van der Waals surface area contributed by atoms with Gasteiger partial charge < -0.3 is 10.6 Å². The van der Waals surface area contributed by atoms with Crippen molar-refractivity contribution in [3.63, 3.8) is 0 Å². The highest BCUT2D eigenvalue weighted by molar-refractivity contribution is 9.10. The molecule has 3 amide bonds. The summed E-state index contributed by atoms with van der Waals surface area (Å²) in [6, 6.07) is 18.3. The number of aryl methyl sites for hydroxylation is 4. The van der Waals surface area contributed by atoms with E-state index in [1.165, 1.54) is 4.68 Å². The lowest BCUT2D eigenvalue weighted by Gasteiger charge is -2.15. The molecule has 35 heavy (non-hydrogen) atoms. The lowest BCUT2D eigenvalue weighted by atomic mass is 10.1. The van der Waals surface area contributed by atoms with Gasteiger partial charge >= 0.3 is 11.8 Å². The van der Waals surface area contributed by atoms with Crippen LogP contribution in [0.1, 0.15) is 32.7 Å². The summed E-state index contributed by atoms with van der Waals surface area (Å²) >= 11 is 3.43. The number of carbonyl (C=O) groups excluding carboxylic acids is 3. The zero-order valence-corrected chi connectivity index (χ0v) is 21.4. The first-order valence-electron chi connectivity index (χ1n) is 11.0. The molecule has 3 N–H and O–H groups in total. The van der Waals surface area contributed by atoms with Crippen LogP contribution in [0.15, 0.2) is 65.1 Å².